The van der Waals surface area contributed by atoms with Gasteiger partial charge in [0.25, 0.3) is 11.5 Å². The molecule has 6 nitrogen and oxygen atoms in total. The van der Waals surface area contributed by atoms with Crippen LogP contribution in [-0.2, 0) is 13.5 Å². The van der Waals surface area contributed by atoms with Gasteiger partial charge in [-0.3, -0.25) is 19.4 Å². The van der Waals surface area contributed by atoms with Gasteiger partial charge in [-0.2, -0.15) is 0 Å². The molecule has 0 unspecified atom stereocenters. The molecule has 0 saturated carbocycles. The molecule has 3 heterocycles. The molecular weight excluding hydrogens is 304 g/mol. The van der Waals surface area contributed by atoms with Crippen LogP contribution in [0.25, 0.3) is 11.0 Å². The molecule has 4 rings (SSSR count). The highest BCUT2D eigenvalue weighted by molar-refractivity contribution is 6.14. The van der Waals surface area contributed by atoms with Crippen molar-refractivity contribution in [3.05, 3.63) is 57.0 Å². The van der Waals surface area contributed by atoms with Crippen molar-refractivity contribution in [1.29, 1.82) is 0 Å². The van der Waals surface area contributed by atoms with Gasteiger partial charge in [-0.1, -0.05) is 12.1 Å². The number of benzene rings is 1. The Balaban J connectivity index is 1.90. The van der Waals surface area contributed by atoms with Gasteiger partial charge < -0.3 is 4.90 Å². The average Bonchev–Trinajstić information content (AvgIpc) is 3.09. The fraction of sp³-hybridized carbons (Fsp3) is 0.278. The van der Waals surface area contributed by atoms with Gasteiger partial charge in [-0.25, -0.2) is 4.98 Å². The molecule has 0 atom stereocenters. The zero-order valence-electron chi connectivity index (χ0n) is 13.9. The zero-order chi connectivity index (χ0) is 17.0. The number of amides is 1. The second-order valence-electron chi connectivity index (χ2n) is 6.29. The van der Waals surface area contributed by atoms with Crippen molar-refractivity contribution in [1.82, 2.24) is 14.8 Å². The fourth-order valence-corrected chi connectivity index (χ4v) is 3.52. The van der Waals surface area contributed by atoms with Crippen molar-refractivity contribution in [2.45, 2.75) is 20.3 Å². The summed E-state index contributed by atoms with van der Waals surface area (Å²) in [7, 11) is 1.72. The molecular formula is C18H18N4O2. The Morgan fingerprint density at radius 2 is 2.08 bits per heavy atom. The summed E-state index contributed by atoms with van der Waals surface area (Å²) in [5.41, 5.74) is 4.68. The average molecular weight is 322 g/mol. The number of carbonyl (C=O) groups excluding carboxylic acids is 1. The van der Waals surface area contributed by atoms with Gasteiger partial charge in [-0.15, -0.1) is 0 Å². The van der Waals surface area contributed by atoms with E-state index >= 15 is 0 Å². The van der Waals surface area contributed by atoms with Crippen molar-refractivity contribution in [3.63, 3.8) is 0 Å². The summed E-state index contributed by atoms with van der Waals surface area (Å²) in [5, 5.41) is 3.04. The molecule has 24 heavy (non-hydrogen) atoms. The van der Waals surface area contributed by atoms with Crippen LogP contribution in [0.3, 0.4) is 0 Å². The number of hydrogen-bond donors (Lipinski definition) is 1. The molecule has 0 radical (unpaired) electrons. The van der Waals surface area contributed by atoms with Crippen LogP contribution < -0.4 is 10.5 Å². The Morgan fingerprint density at radius 3 is 2.88 bits per heavy atom. The third-order valence-electron chi connectivity index (χ3n) is 4.68. The van der Waals surface area contributed by atoms with Crippen molar-refractivity contribution in [3.8, 4) is 0 Å². The predicted octanol–water partition coefficient (Wildman–Crippen LogP) is 2.08. The van der Waals surface area contributed by atoms with E-state index < -0.39 is 0 Å². The topological polar surface area (TPSA) is 71.0 Å². The van der Waals surface area contributed by atoms with E-state index in [1.165, 1.54) is 11.1 Å². The van der Waals surface area contributed by atoms with Crippen molar-refractivity contribution >= 4 is 22.6 Å². The minimum Gasteiger partial charge on any atom is -0.308 e. The Kier molecular flexibility index (Phi) is 3.09. The molecule has 122 valence electrons. The number of carbonyl (C=O) groups is 1. The number of rotatable bonds is 1. The highest BCUT2D eigenvalue weighted by atomic mass is 16.2. The summed E-state index contributed by atoms with van der Waals surface area (Å²) in [5.74, 6) is -0.147. The van der Waals surface area contributed by atoms with Crippen molar-refractivity contribution in [2.75, 3.05) is 11.4 Å². The minimum absolute atomic E-state index is 0.147. The maximum Gasteiger partial charge on any atom is 0.274 e. The highest BCUT2D eigenvalue weighted by Gasteiger charge is 2.29. The van der Waals surface area contributed by atoms with E-state index in [-0.39, 0.29) is 11.5 Å². The molecule has 1 aromatic carbocycles. The molecule has 0 saturated heterocycles. The first-order valence-corrected chi connectivity index (χ1v) is 7.94. The minimum atomic E-state index is -0.285. The standard InChI is InChI=1S/C18H18N4O2/c1-10-5-4-6-14-12(10)7-8-22(14)18(24)13-9-11(2)19-16-15(13)17(23)20-21(16)3/h4-6,9H,7-8H2,1-3H3,(H,20,23). The lowest BCUT2D eigenvalue weighted by atomic mass is 10.1. The Morgan fingerprint density at radius 1 is 1.29 bits per heavy atom. The van der Waals surface area contributed by atoms with E-state index in [4.69, 9.17) is 0 Å². The molecule has 0 fully saturated rings. The zero-order valence-corrected chi connectivity index (χ0v) is 13.9. The van der Waals surface area contributed by atoms with Gasteiger partial charge in [0, 0.05) is 25.0 Å². The first-order chi connectivity index (χ1) is 11.5. The number of nitrogens with zero attached hydrogens (tertiary/aromatic N) is 3. The number of aromatic amines is 1. The van der Waals surface area contributed by atoms with Gasteiger partial charge in [-0.05, 0) is 43.5 Å². The van der Waals surface area contributed by atoms with Gasteiger partial charge in [0.2, 0.25) is 0 Å². The van der Waals surface area contributed by atoms with Crippen LogP contribution in [0.4, 0.5) is 5.69 Å². The maximum absolute atomic E-state index is 13.2. The Bertz CT molecular complexity index is 1050. The van der Waals surface area contributed by atoms with Gasteiger partial charge >= 0.3 is 0 Å². The van der Waals surface area contributed by atoms with Crippen LogP contribution in [0.1, 0.15) is 27.2 Å². The lowest BCUT2D eigenvalue weighted by molar-refractivity contribution is 0.0990. The molecule has 0 bridgehead atoms. The number of anilines is 1. The summed E-state index contributed by atoms with van der Waals surface area (Å²) in [6, 6.07) is 7.69. The van der Waals surface area contributed by atoms with Crippen LogP contribution in [0.2, 0.25) is 0 Å². The summed E-state index contributed by atoms with van der Waals surface area (Å²) in [6.07, 6.45) is 0.839. The molecule has 0 spiro atoms. The van der Waals surface area contributed by atoms with Gasteiger partial charge in [0.15, 0.2) is 5.65 Å². The Hall–Kier alpha value is -2.89. The molecule has 6 heteroatoms. The van der Waals surface area contributed by atoms with E-state index in [9.17, 15) is 9.59 Å². The number of hydrogen-bond acceptors (Lipinski definition) is 3. The molecule has 3 aromatic rings. The number of aromatic nitrogens is 3. The fourth-order valence-electron chi connectivity index (χ4n) is 3.52. The van der Waals surface area contributed by atoms with Gasteiger partial charge in [0.05, 0.1) is 10.9 Å². The number of H-pyrrole nitrogens is 1. The molecule has 1 aliphatic heterocycles. The van der Waals surface area contributed by atoms with E-state index in [1.807, 2.05) is 19.1 Å². The second kappa shape index (κ2) is 5.06. The van der Waals surface area contributed by atoms with Crippen molar-refractivity contribution in [2.24, 2.45) is 7.05 Å². The number of fused-ring (bicyclic) bond motifs is 2. The summed E-state index contributed by atoms with van der Waals surface area (Å²) >= 11 is 0. The summed E-state index contributed by atoms with van der Waals surface area (Å²) in [6.45, 7) is 4.52. The van der Waals surface area contributed by atoms with Gasteiger partial charge in [0.1, 0.15) is 0 Å². The number of pyridine rings is 1. The van der Waals surface area contributed by atoms with E-state index in [0.717, 1.165) is 12.1 Å². The van der Waals surface area contributed by atoms with Crippen LogP contribution in [0.15, 0.2) is 29.1 Å². The third kappa shape index (κ3) is 1.99. The maximum atomic E-state index is 13.2. The lowest BCUT2D eigenvalue weighted by Gasteiger charge is -2.18. The van der Waals surface area contributed by atoms with Crippen molar-refractivity contribution < 1.29 is 4.79 Å². The predicted molar refractivity (Wildman–Crippen MR) is 92.6 cm³/mol. The summed E-state index contributed by atoms with van der Waals surface area (Å²) < 4.78 is 1.56. The SMILES string of the molecule is Cc1cc(C(=O)N2CCc3c(C)cccc32)c2c(=O)[nH]n(C)c2n1. The van der Waals surface area contributed by atoms with Crippen LogP contribution in [0, 0.1) is 13.8 Å². The number of aryl methyl sites for hydroxylation is 3. The van der Waals surface area contributed by atoms with Crippen LogP contribution in [0.5, 0.6) is 0 Å². The largest absolute Gasteiger partial charge is 0.308 e. The molecule has 2 aromatic heterocycles. The van der Waals surface area contributed by atoms with Crippen LogP contribution >= 0.6 is 0 Å². The van der Waals surface area contributed by atoms with E-state index in [2.05, 4.69) is 23.1 Å². The first-order valence-electron chi connectivity index (χ1n) is 7.94. The molecule has 1 N–H and O–H groups in total. The highest BCUT2D eigenvalue weighted by Crippen LogP contribution is 2.32. The van der Waals surface area contributed by atoms with Crippen LogP contribution in [-0.4, -0.2) is 27.2 Å². The van der Waals surface area contributed by atoms with E-state index in [1.54, 1.807) is 22.7 Å². The monoisotopic (exact) mass is 322 g/mol. The first kappa shape index (κ1) is 14.7. The summed E-state index contributed by atoms with van der Waals surface area (Å²) in [4.78, 5) is 31.6. The lowest BCUT2D eigenvalue weighted by Crippen LogP contribution is -2.29. The smallest absolute Gasteiger partial charge is 0.274 e. The third-order valence-corrected chi connectivity index (χ3v) is 4.68. The normalized spacial score (nSPS) is 13.5. The quantitative estimate of drug-likeness (QED) is 0.745. The second-order valence-corrected chi connectivity index (χ2v) is 6.29. The molecule has 0 aliphatic carbocycles. The van der Waals surface area contributed by atoms with E-state index in [0.29, 0.717) is 28.8 Å². The molecule has 1 aliphatic rings. The Labute approximate surface area is 138 Å². The number of nitrogens with one attached hydrogen (secondary N) is 1. The molecule has 1 amide bonds.